The quantitative estimate of drug-likeness (QED) is 0.666. The molecule has 0 unspecified atom stereocenters. The number of para-hydroxylation sites is 1. The molecule has 4 N–H and O–H groups in total. The number of nitrogens with two attached hydrogens (primary N) is 2. The van der Waals surface area contributed by atoms with Crippen LogP contribution in [0.1, 0.15) is 34.0 Å². The van der Waals surface area contributed by atoms with E-state index in [1.165, 1.54) is 0 Å². The zero-order valence-corrected chi connectivity index (χ0v) is 13.9. The first-order chi connectivity index (χ1) is 12.6. The van der Waals surface area contributed by atoms with E-state index in [4.69, 9.17) is 16.2 Å². The molecule has 9 heteroatoms. The van der Waals surface area contributed by atoms with Crippen molar-refractivity contribution < 1.29 is 9.53 Å². The van der Waals surface area contributed by atoms with Gasteiger partial charge in [0.2, 0.25) is 11.9 Å². The molecule has 9 nitrogen and oxygen atoms in total. The third-order valence-electron chi connectivity index (χ3n) is 4.17. The highest BCUT2D eigenvalue weighted by Gasteiger charge is 2.28. The fourth-order valence-electron chi connectivity index (χ4n) is 3.10. The Labute approximate surface area is 149 Å². The number of fused-ring (bicyclic) bond motifs is 1. The normalized spacial score (nSPS) is 12.8. The lowest BCUT2D eigenvalue weighted by molar-refractivity contribution is 0.0453. The van der Waals surface area contributed by atoms with Crippen molar-refractivity contribution in [3.8, 4) is 5.69 Å². The van der Waals surface area contributed by atoms with Crippen LogP contribution in [0.15, 0.2) is 30.3 Å². The first-order valence-corrected chi connectivity index (χ1v) is 8.21. The van der Waals surface area contributed by atoms with Gasteiger partial charge in [-0.3, -0.25) is 0 Å². The highest BCUT2D eigenvalue weighted by molar-refractivity contribution is 5.89. The molecule has 0 atom stereocenters. The maximum atomic E-state index is 12.6. The van der Waals surface area contributed by atoms with Crippen LogP contribution in [-0.4, -0.2) is 30.7 Å². The number of rotatable bonds is 4. The van der Waals surface area contributed by atoms with Crippen molar-refractivity contribution in [3.63, 3.8) is 0 Å². The molecule has 1 aromatic carbocycles. The van der Waals surface area contributed by atoms with Crippen molar-refractivity contribution in [2.24, 2.45) is 0 Å². The molecular weight excluding hydrogens is 334 g/mol. The second kappa shape index (κ2) is 6.43. The molecule has 1 aliphatic rings. The maximum absolute atomic E-state index is 12.6. The van der Waals surface area contributed by atoms with Crippen molar-refractivity contribution >= 4 is 17.9 Å². The molecule has 4 rings (SSSR count). The van der Waals surface area contributed by atoms with Crippen molar-refractivity contribution in [1.82, 2.24) is 24.7 Å². The molecule has 0 amide bonds. The van der Waals surface area contributed by atoms with Gasteiger partial charge in [0.15, 0.2) is 18.1 Å². The molecule has 0 aliphatic heterocycles. The monoisotopic (exact) mass is 351 g/mol. The Morgan fingerprint density at radius 1 is 1.08 bits per heavy atom. The number of aromatic nitrogens is 5. The average Bonchev–Trinajstić information content (AvgIpc) is 3.22. The maximum Gasteiger partial charge on any atom is 0.359 e. The van der Waals surface area contributed by atoms with Gasteiger partial charge >= 0.3 is 5.97 Å². The second-order valence-corrected chi connectivity index (χ2v) is 5.92. The summed E-state index contributed by atoms with van der Waals surface area (Å²) >= 11 is 0. The molecule has 2 heterocycles. The SMILES string of the molecule is Nc1nc(N)nc(COC(=O)c2nn(-c3ccccc3)c3c2CCC3)n1. The number of esters is 1. The molecule has 0 radical (unpaired) electrons. The van der Waals surface area contributed by atoms with Crippen molar-refractivity contribution in [1.29, 1.82) is 0 Å². The van der Waals surface area contributed by atoms with Gasteiger partial charge < -0.3 is 16.2 Å². The van der Waals surface area contributed by atoms with Gasteiger partial charge in [-0.05, 0) is 31.4 Å². The summed E-state index contributed by atoms with van der Waals surface area (Å²) in [6.07, 6.45) is 2.67. The van der Waals surface area contributed by atoms with Crippen LogP contribution in [0.4, 0.5) is 11.9 Å². The minimum absolute atomic E-state index is 0.0159. The molecule has 26 heavy (non-hydrogen) atoms. The van der Waals surface area contributed by atoms with Gasteiger partial charge in [0.1, 0.15) is 0 Å². The van der Waals surface area contributed by atoms with Crippen LogP contribution in [0.5, 0.6) is 0 Å². The number of carbonyl (C=O) groups excluding carboxylic acids is 1. The van der Waals surface area contributed by atoms with Gasteiger partial charge in [0, 0.05) is 11.3 Å². The lowest BCUT2D eigenvalue weighted by Gasteiger charge is -2.05. The Kier molecular flexibility index (Phi) is 3.96. The summed E-state index contributed by atoms with van der Waals surface area (Å²) in [6.45, 7) is -0.150. The van der Waals surface area contributed by atoms with Gasteiger partial charge in [-0.1, -0.05) is 18.2 Å². The van der Waals surface area contributed by atoms with Gasteiger partial charge in [-0.15, -0.1) is 0 Å². The van der Waals surface area contributed by atoms with Crippen molar-refractivity contribution in [2.45, 2.75) is 25.9 Å². The zero-order valence-electron chi connectivity index (χ0n) is 13.9. The lowest BCUT2D eigenvalue weighted by Crippen LogP contribution is -2.12. The van der Waals surface area contributed by atoms with Gasteiger partial charge in [-0.25, -0.2) is 9.48 Å². The minimum Gasteiger partial charge on any atom is -0.453 e. The Morgan fingerprint density at radius 2 is 1.81 bits per heavy atom. The van der Waals surface area contributed by atoms with E-state index in [9.17, 15) is 4.79 Å². The van der Waals surface area contributed by atoms with Crippen LogP contribution in [0.3, 0.4) is 0 Å². The third-order valence-corrected chi connectivity index (χ3v) is 4.17. The molecule has 132 valence electrons. The summed E-state index contributed by atoms with van der Waals surface area (Å²) in [5.74, 6) is -0.353. The summed E-state index contributed by atoms with van der Waals surface area (Å²) < 4.78 is 7.14. The molecule has 0 bridgehead atoms. The molecule has 2 aromatic heterocycles. The van der Waals surface area contributed by atoms with Gasteiger partial charge in [0.05, 0.1) is 5.69 Å². The number of anilines is 2. The van der Waals surface area contributed by atoms with Crippen LogP contribution in [0, 0.1) is 0 Å². The second-order valence-electron chi connectivity index (χ2n) is 5.92. The first-order valence-electron chi connectivity index (χ1n) is 8.21. The number of hydrogen-bond acceptors (Lipinski definition) is 8. The molecule has 0 spiro atoms. The fraction of sp³-hybridized carbons (Fsp3) is 0.235. The number of nitrogens with zero attached hydrogens (tertiary/aromatic N) is 5. The van der Waals surface area contributed by atoms with E-state index in [0.29, 0.717) is 5.69 Å². The van der Waals surface area contributed by atoms with Crippen molar-refractivity contribution in [2.75, 3.05) is 11.5 Å². The van der Waals surface area contributed by atoms with Gasteiger partial charge in [-0.2, -0.15) is 20.1 Å². The minimum atomic E-state index is -0.518. The highest BCUT2D eigenvalue weighted by atomic mass is 16.5. The molecule has 0 saturated carbocycles. The van der Waals surface area contributed by atoms with Crippen LogP contribution in [0.2, 0.25) is 0 Å². The predicted octanol–water partition coefficient (Wildman–Crippen LogP) is 1.07. The topological polar surface area (TPSA) is 135 Å². The van der Waals surface area contributed by atoms with E-state index in [-0.39, 0.29) is 24.3 Å². The number of nitrogen functional groups attached to an aromatic ring is 2. The highest BCUT2D eigenvalue weighted by Crippen LogP contribution is 2.28. The summed E-state index contributed by atoms with van der Waals surface area (Å²) in [5.41, 5.74) is 14.3. The summed E-state index contributed by atoms with van der Waals surface area (Å²) in [6, 6.07) is 9.72. The first kappa shape index (κ1) is 16.0. The fourth-order valence-corrected chi connectivity index (χ4v) is 3.10. The summed E-state index contributed by atoms with van der Waals surface area (Å²) in [7, 11) is 0. The summed E-state index contributed by atoms with van der Waals surface area (Å²) in [4.78, 5) is 24.0. The van der Waals surface area contributed by atoms with Crippen LogP contribution in [0.25, 0.3) is 5.69 Å². The van der Waals surface area contributed by atoms with E-state index in [1.54, 1.807) is 0 Å². The standard InChI is InChI=1S/C17H17N7O2/c18-16-20-13(21-17(19)22-16)9-26-15(25)14-11-7-4-8-12(11)24(23-14)10-5-2-1-3-6-10/h1-3,5-6H,4,7-9H2,(H4,18,19,20,21,22). The van der Waals surface area contributed by atoms with E-state index >= 15 is 0 Å². The molecule has 1 aliphatic carbocycles. The largest absolute Gasteiger partial charge is 0.453 e. The molecular formula is C17H17N7O2. The smallest absolute Gasteiger partial charge is 0.359 e. The van der Waals surface area contributed by atoms with E-state index in [1.807, 2.05) is 35.0 Å². The van der Waals surface area contributed by atoms with Crippen LogP contribution >= 0.6 is 0 Å². The number of ether oxygens (including phenoxy) is 1. The number of hydrogen-bond donors (Lipinski definition) is 2. The summed E-state index contributed by atoms with van der Waals surface area (Å²) in [5, 5.41) is 4.49. The Balaban J connectivity index is 1.59. The Hall–Kier alpha value is -3.49. The van der Waals surface area contributed by atoms with E-state index in [2.05, 4.69) is 20.1 Å². The number of carbonyl (C=O) groups is 1. The Morgan fingerprint density at radius 3 is 2.54 bits per heavy atom. The Bertz CT molecular complexity index is 948. The van der Waals surface area contributed by atoms with Crippen molar-refractivity contribution in [3.05, 3.63) is 53.1 Å². The van der Waals surface area contributed by atoms with Crippen LogP contribution in [-0.2, 0) is 24.2 Å². The number of benzene rings is 1. The average molecular weight is 351 g/mol. The molecule has 0 fully saturated rings. The van der Waals surface area contributed by atoms with Gasteiger partial charge in [0.25, 0.3) is 0 Å². The molecule has 0 saturated heterocycles. The molecule has 3 aromatic rings. The zero-order chi connectivity index (χ0) is 18.1. The van der Waals surface area contributed by atoms with E-state index in [0.717, 1.165) is 36.2 Å². The van der Waals surface area contributed by atoms with Crippen LogP contribution < -0.4 is 11.5 Å². The third kappa shape index (κ3) is 2.94. The lowest BCUT2D eigenvalue weighted by atomic mass is 10.2. The predicted molar refractivity (Wildman–Crippen MR) is 93.4 cm³/mol. The van der Waals surface area contributed by atoms with E-state index < -0.39 is 5.97 Å².